The van der Waals surface area contributed by atoms with E-state index in [0.717, 1.165) is 11.6 Å². The van der Waals surface area contributed by atoms with E-state index in [0.29, 0.717) is 30.2 Å². The summed E-state index contributed by atoms with van der Waals surface area (Å²) in [6.07, 6.45) is -5.42. The minimum absolute atomic E-state index is 0. The van der Waals surface area contributed by atoms with Gasteiger partial charge >= 0.3 is 6.18 Å². The van der Waals surface area contributed by atoms with Crippen LogP contribution in [-0.2, 0) is 12.7 Å². The van der Waals surface area contributed by atoms with Crippen molar-refractivity contribution in [3.8, 4) is 28.6 Å². The molecule has 9 nitrogen and oxygen atoms in total. The molecule has 4 N–H and O–H groups in total. The fourth-order valence-electron chi connectivity index (χ4n) is 3.96. The van der Waals surface area contributed by atoms with Crippen LogP contribution in [0.5, 0.6) is 17.2 Å². The molecule has 4 aromatic rings. The molecule has 0 bridgehead atoms. The minimum atomic E-state index is -4.57. The number of ether oxygens (including phenoxy) is 2. The van der Waals surface area contributed by atoms with Crippen LogP contribution in [0.4, 0.5) is 13.2 Å². The molecule has 0 aliphatic carbocycles. The Hall–Kier alpha value is -4.39. The maximum Gasteiger partial charge on any atom is 0.433 e. The summed E-state index contributed by atoms with van der Waals surface area (Å²) >= 11 is 0. The van der Waals surface area contributed by atoms with E-state index in [2.05, 4.69) is 20.6 Å². The third kappa shape index (κ3) is 10.1. The fraction of sp³-hybridized carbons (Fsp3) is 0.258. The van der Waals surface area contributed by atoms with Gasteiger partial charge in [-0.3, -0.25) is 4.79 Å². The van der Waals surface area contributed by atoms with Crippen molar-refractivity contribution in [1.29, 1.82) is 0 Å². The van der Waals surface area contributed by atoms with Crippen molar-refractivity contribution in [3.63, 3.8) is 0 Å². The number of aromatic nitrogens is 2. The Labute approximate surface area is 258 Å². The smallest absolute Gasteiger partial charge is 0.433 e. The van der Waals surface area contributed by atoms with Crippen LogP contribution in [0, 0.1) is 6.92 Å². The van der Waals surface area contributed by atoms with Gasteiger partial charge in [-0.25, -0.2) is 9.97 Å². The lowest BCUT2D eigenvalue weighted by Crippen LogP contribution is -2.33. The number of hydrogen-bond donors (Lipinski definition) is 4. The van der Waals surface area contributed by atoms with E-state index in [4.69, 9.17) is 9.47 Å². The molecular weight excluding hydrogens is 601 g/mol. The number of nitrogens with zero attached hydrogens (tertiary/aromatic N) is 2. The number of benzene rings is 3. The molecule has 0 saturated heterocycles. The zero-order chi connectivity index (χ0) is 30.8. The molecule has 0 radical (unpaired) electrons. The summed E-state index contributed by atoms with van der Waals surface area (Å²) < 4.78 is 50.5. The first-order valence-electron chi connectivity index (χ1n) is 13.4. The van der Waals surface area contributed by atoms with Crippen molar-refractivity contribution in [1.82, 2.24) is 20.6 Å². The molecule has 4 rings (SSSR count). The molecule has 1 unspecified atom stereocenters. The Morgan fingerprint density at radius 1 is 0.955 bits per heavy atom. The predicted molar refractivity (Wildman–Crippen MR) is 160 cm³/mol. The third-order valence-electron chi connectivity index (χ3n) is 6.14. The fourth-order valence-corrected chi connectivity index (χ4v) is 3.96. The molecular formula is C31H32ClF3N4O5. The second-order valence-corrected chi connectivity index (χ2v) is 9.60. The standard InChI is InChI=1S/C31H31F3N4O5.ClH/c1-20-15-28(31(32,33)34)38-29(37-20)22-7-9-24(10-8-22)43-19-23(39)18-35-13-14-42-25-11-12-27(40)26(16-25)30(41)36-17-21-5-3-2-4-6-21;/h2-12,15-16,23,35,39-40H,13-14,17-19H2,1H3,(H,36,41);1H. The first-order valence-corrected chi connectivity index (χ1v) is 13.4. The summed E-state index contributed by atoms with van der Waals surface area (Å²) in [6, 6.07) is 20.9. The van der Waals surface area contributed by atoms with E-state index >= 15 is 0 Å². The number of nitrogens with one attached hydrogen (secondary N) is 2. The molecule has 0 aliphatic rings. The summed E-state index contributed by atoms with van der Waals surface area (Å²) in [5.41, 5.74) is 0.620. The summed E-state index contributed by atoms with van der Waals surface area (Å²) in [5, 5.41) is 26.1. The molecule has 234 valence electrons. The largest absolute Gasteiger partial charge is 0.507 e. The summed E-state index contributed by atoms with van der Waals surface area (Å²) in [5.74, 6) is 0.197. The quantitative estimate of drug-likeness (QED) is 0.153. The highest BCUT2D eigenvalue weighted by atomic mass is 35.5. The van der Waals surface area contributed by atoms with Gasteiger partial charge in [0.25, 0.3) is 5.91 Å². The van der Waals surface area contributed by atoms with Crippen LogP contribution in [0.2, 0.25) is 0 Å². The number of alkyl halides is 3. The molecule has 0 saturated carbocycles. The first-order chi connectivity index (χ1) is 20.6. The predicted octanol–water partition coefficient (Wildman–Crippen LogP) is 4.94. The van der Waals surface area contributed by atoms with Crippen molar-refractivity contribution in [3.05, 3.63) is 101 Å². The van der Waals surface area contributed by atoms with Crippen molar-refractivity contribution in [2.24, 2.45) is 0 Å². The van der Waals surface area contributed by atoms with E-state index in [9.17, 15) is 28.2 Å². The van der Waals surface area contributed by atoms with Gasteiger partial charge in [0.1, 0.15) is 42.3 Å². The number of carbonyl (C=O) groups is 1. The van der Waals surface area contributed by atoms with Crippen LogP contribution in [-0.4, -0.2) is 58.5 Å². The van der Waals surface area contributed by atoms with E-state index in [1.54, 1.807) is 30.3 Å². The second kappa shape index (κ2) is 15.9. The molecule has 1 amide bonds. The molecule has 44 heavy (non-hydrogen) atoms. The summed E-state index contributed by atoms with van der Waals surface area (Å²) in [4.78, 5) is 20.2. The molecule has 0 spiro atoms. The number of aromatic hydroxyl groups is 1. The highest BCUT2D eigenvalue weighted by molar-refractivity contribution is 5.97. The highest BCUT2D eigenvalue weighted by Crippen LogP contribution is 2.30. The summed E-state index contributed by atoms with van der Waals surface area (Å²) in [6.45, 7) is 2.60. The van der Waals surface area contributed by atoms with Crippen molar-refractivity contribution in [2.75, 3.05) is 26.3 Å². The molecule has 1 aromatic heterocycles. The number of carbonyl (C=O) groups excluding carboxylic acids is 1. The number of halogens is 4. The molecule has 13 heteroatoms. The van der Waals surface area contributed by atoms with Crippen LogP contribution in [0.15, 0.2) is 78.9 Å². The molecule has 0 aliphatic heterocycles. The van der Waals surface area contributed by atoms with Crippen molar-refractivity contribution >= 4 is 18.3 Å². The van der Waals surface area contributed by atoms with Gasteiger partial charge in [0.15, 0.2) is 5.82 Å². The lowest BCUT2D eigenvalue weighted by Gasteiger charge is -2.14. The zero-order valence-electron chi connectivity index (χ0n) is 23.7. The van der Waals surface area contributed by atoms with Crippen LogP contribution >= 0.6 is 12.4 Å². The SMILES string of the molecule is Cc1cc(C(F)(F)F)nc(-c2ccc(OCC(O)CNCCOc3ccc(O)c(C(=O)NCc4ccccc4)c3)cc2)n1.Cl. The lowest BCUT2D eigenvalue weighted by atomic mass is 10.1. The Morgan fingerprint density at radius 2 is 1.66 bits per heavy atom. The van der Waals surface area contributed by atoms with Crippen LogP contribution in [0.1, 0.15) is 27.3 Å². The summed E-state index contributed by atoms with van der Waals surface area (Å²) in [7, 11) is 0. The van der Waals surface area contributed by atoms with Gasteiger partial charge in [-0.2, -0.15) is 13.2 Å². The van der Waals surface area contributed by atoms with Crippen molar-refractivity contribution < 1.29 is 37.7 Å². The monoisotopic (exact) mass is 632 g/mol. The maximum atomic E-state index is 13.1. The Kier molecular flexibility index (Phi) is 12.3. The zero-order valence-corrected chi connectivity index (χ0v) is 24.5. The number of amides is 1. The number of aliphatic hydroxyl groups is 1. The third-order valence-corrected chi connectivity index (χ3v) is 6.14. The number of phenols is 1. The number of hydrogen-bond acceptors (Lipinski definition) is 8. The minimum Gasteiger partial charge on any atom is -0.507 e. The van der Waals surface area contributed by atoms with Gasteiger partial charge in [-0.05, 0) is 61.0 Å². The van der Waals surface area contributed by atoms with Gasteiger partial charge in [0.05, 0.1) is 5.56 Å². The number of aryl methyl sites for hydroxylation is 1. The van der Waals surface area contributed by atoms with E-state index < -0.39 is 23.9 Å². The number of aliphatic hydroxyl groups excluding tert-OH is 1. The van der Waals surface area contributed by atoms with Gasteiger partial charge in [0, 0.05) is 30.9 Å². The first kappa shape index (κ1) is 34.1. The van der Waals surface area contributed by atoms with E-state index in [1.807, 2.05) is 30.3 Å². The number of rotatable bonds is 13. The maximum absolute atomic E-state index is 13.1. The second-order valence-electron chi connectivity index (χ2n) is 9.60. The van der Waals surface area contributed by atoms with Gasteiger partial charge in [-0.15, -0.1) is 12.4 Å². The normalized spacial score (nSPS) is 11.8. The average molecular weight is 633 g/mol. The van der Waals surface area contributed by atoms with Crippen LogP contribution < -0.4 is 20.1 Å². The van der Waals surface area contributed by atoms with Gasteiger partial charge < -0.3 is 30.3 Å². The van der Waals surface area contributed by atoms with Crippen LogP contribution in [0.3, 0.4) is 0 Å². The number of phenolic OH excluding ortho intramolecular Hbond substituents is 1. The Bertz CT molecular complexity index is 1510. The molecule has 1 heterocycles. The Morgan fingerprint density at radius 3 is 2.36 bits per heavy atom. The molecule has 0 fully saturated rings. The highest BCUT2D eigenvalue weighted by Gasteiger charge is 2.33. The molecule has 1 atom stereocenters. The molecule has 3 aromatic carbocycles. The van der Waals surface area contributed by atoms with Crippen LogP contribution in [0.25, 0.3) is 11.4 Å². The van der Waals surface area contributed by atoms with Gasteiger partial charge in [-0.1, -0.05) is 30.3 Å². The van der Waals surface area contributed by atoms with E-state index in [1.165, 1.54) is 19.1 Å². The lowest BCUT2D eigenvalue weighted by molar-refractivity contribution is -0.141. The van der Waals surface area contributed by atoms with Gasteiger partial charge in [0.2, 0.25) is 0 Å². The Balaban J connectivity index is 0.00000529. The topological polar surface area (TPSA) is 126 Å². The van der Waals surface area contributed by atoms with Crippen molar-refractivity contribution in [2.45, 2.75) is 25.7 Å². The van der Waals surface area contributed by atoms with E-state index in [-0.39, 0.29) is 55.0 Å². The average Bonchev–Trinajstić information content (AvgIpc) is 2.99.